The van der Waals surface area contributed by atoms with Crippen molar-refractivity contribution in [2.45, 2.75) is 19.3 Å². The molecular formula is C11H17N3O2S. The lowest BCUT2D eigenvalue weighted by Gasteiger charge is -2.05. The van der Waals surface area contributed by atoms with E-state index >= 15 is 0 Å². The van der Waals surface area contributed by atoms with Crippen molar-refractivity contribution >= 4 is 22.5 Å². The Kier molecular flexibility index (Phi) is 4.75. The van der Waals surface area contributed by atoms with Crippen LogP contribution < -0.4 is 10.6 Å². The molecule has 1 heterocycles. The second-order valence-corrected chi connectivity index (χ2v) is 4.98. The fourth-order valence-electron chi connectivity index (χ4n) is 1.34. The number of thiazole rings is 1. The second kappa shape index (κ2) is 6.56. The smallest absolute Gasteiger partial charge is 0.321 e. The van der Waals surface area contributed by atoms with E-state index in [0.29, 0.717) is 18.3 Å². The number of aromatic nitrogens is 1. The fourth-order valence-corrected chi connectivity index (χ4v) is 1.86. The van der Waals surface area contributed by atoms with Crippen LogP contribution >= 0.6 is 11.3 Å². The van der Waals surface area contributed by atoms with Crippen LogP contribution in [-0.4, -0.2) is 30.8 Å². The molecule has 6 heteroatoms. The van der Waals surface area contributed by atoms with Crippen LogP contribution in [-0.2, 0) is 4.74 Å². The molecule has 0 unspecified atom stereocenters. The normalized spacial score (nSPS) is 14.6. The lowest BCUT2D eigenvalue weighted by molar-refractivity contribution is 0.122. The molecular weight excluding hydrogens is 238 g/mol. The number of hydrogen-bond acceptors (Lipinski definition) is 4. The SMILES string of the molecule is O=C(NCCCOCC1CC1)Nc1nccs1. The molecule has 0 saturated heterocycles. The van der Waals surface area contributed by atoms with Crippen LogP contribution in [0.15, 0.2) is 11.6 Å². The number of carbonyl (C=O) groups is 1. The molecule has 94 valence electrons. The van der Waals surface area contributed by atoms with Crippen molar-refractivity contribution in [2.75, 3.05) is 25.1 Å². The third-order valence-corrected chi connectivity index (χ3v) is 3.14. The van der Waals surface area contributed by atoms with Gasteiger partial charge in [0.15, 0.2) is 5.13 Å². The van der Waals surface area contributed by atoms with E-state index in [4.69, 9.17) is 4.74 Å². The van der Waals surface area contributed by atoms with Gasteiger partial charge in [-0.15, -0.1) is 11.3 Å². The van der Waals surface area contributed by atoms with Crippen LogP contribution in [0.25, 0.3) is 0 Å². The van der Waals surface area contributed by atoms with Crippen LogP contribution in [0.2, 0.25) is 0 Å². The number of hydrogen-bond donors (Lipinski definition) is 2. The molecule has 0 bridgehead atoms. The van der Waals surface area contributed by atoms with Gasteiger partial charge in [0.25, 0.3) is 0 Å². The van der Waals surface area contributed by atoms with Crippen molar-refractivity contribution < 1.29 is 9.53 Å². The van der Waals surface area contributed by atoms with Crippen LogP contribution in [0.4, 0.5) is 9.93 Å². The average molecular weight is 255 g/mol. The predicted molar refractivity (Wildman–Crippen MR) is 67.3 cm³/mol. The second-order valence-electron chi connectivity index (χ2n) is 4.09. The van der Waals surface area contributed by atoms with E-state index in [0.717, 1.165) is 18.9 Å². The average Bonchev–Trinajstić information content (AvgIpc) is 3.00. The molecule has 1 fully saturated rings. The van der Waals surface area contributed by atoms with Crippen molar-refractivity contribution in [1.82, 2.24) is 10.3 Å². The van der Waals surface area contributed by atoms with Crippen LogP contribution in [0.1, 0.15) is 19.3 Å². The first-order chi connectivity index (χ1) is 8.34. The summed E-state index contributed by atoms with van der Waals surface area (Å²) in [5.41, 5.74) is 0. The van der Waals surface area contributed by atoms with Gasteiger partial charge >= 0.3 is 6.03 Å². The summed E-state index contributed by atoms with van der Waals surface area (Å²) in [4.78, 5) is 15.3. The van der Waals surface area contributed by atoms with Gasteiger partial charge in [0.05, 0.1) is 0 Å². The Hall–Kier alpha value is -1.14. The zero-order valence-electron chi connectivity index (χ0n) is 9.65. The number of nitrogens with one attached hydrogen (secondary N) is 2. The molecule has 0 atom stereocenters. The van der Waals surface area contributed by atoms with Crippen molar-refractivity contribution in [1.29, 1.82) is 0 Å². The molecule has 5 nitrogen and oxygen atoms in total. The molecule has 1 aliphatic rings. The van der Waals surface area contributed by atoms with E-state index in [-0.39, 0.29) is 6.03 Å². The monoisotopic (exact) mass is 255 g/mol. The van der Waals surface area contributed by atoms with E-state index in [2.05, 4.69) is 15.6 Å². The van der Waals surface area contributed by atoms with Gasteiger partial charge in [-0.3, -0.25) is 5.32 Å². The van der Waals surface area contributed by atoms with Crippen LogP contribution in [0.5, 0.6) is 0 Å². The number of anilines is 1. The molecule has 2 amide bonds. The Morgan fingerprint density at radius 1 is 1.59 bits per heavy atom. The third-order valence-electron chi connectivity index (χ3n) is 2.45. The van der Waals surface area contributed by atoms with Crippen molar-refractivity contribution in [3.8, 4) is 0 Å². The molecule has 2 rings (SSSR count). The largest absolute Gasteiger partial charge is 0.381 e. The van der Waals surface area contributed by atoms with Gasteiger partial charge in [0.1, 0.15) is 0 Å². The van der Waals surface area contributed by atoms with Gasteiger partial charge in [-0.05, 0) is 25.2 Å². The molecule has 1 aromatic rings. The van der Waals surface area contributed by atoms with E-state index < -0.39 is 0 Å². The van der Waals surface area contributed by atoms with Crippen molar-refractivity contribution in [3.05, 3.63) is 11.6 Å². The molecule has 0 aromatic carbocycles. The minimum absolute atomic E-state index is 0.206. The minimum Gasteiger partial charge on any atom is -0.381 e. The molecule has 0 radical (unpaired) electrons. The Labute approximate surface area is 105 Å². The quantitative estimate of drug-likeness (QED) is 0.733. The van der Waals surface area contributed by atoms with Gasteiger partial charge in [0, 0.05) is 31.3 Å². The maximum Gasteiger partial charge on any atom is 0.321 e. The van der Waals surface area contributed by atoms with Gasteiger partial charge in [-0.25, -0.2) is 9.78 Å². The van der Waals surface area contributed by atoms with Gasteiger partial charge in [-0.2, -0.15) is 0 Å². The highest BCUT2D eigenvalue weighted by molar-refractivity contribution is 7.13. The summed E-state index contributed by atoms with van der Waals surface area (Å²) in [5.74, 6) is 0.802. The van der Waals surface area contributed by atoms with Gasteiger partial charge in [0.2, 0.25) is 0 Å². The minimum atomic E-state index is -0.206. The summed E-state index contributed by atoms with van der Waals surface area (Å²) in [5, 5.41) is 7.86. The van der Waals surface area contributed by atoms with Gasteiger partial charge in [-0.1, -0.05) is 0 Å². The highest BCUT2D eigenvalue weighted by Gasteiger charge is 2.20. The molecule has 1 saturated carbocycles. The number of carbonyl (C=O) groups excluding carboxylic acids is 1. The third kappa shape index (κ3) is 5.14. The summed E-state index contributed by atoms with van der Waals surface area (Å²) >= 11 is 1.40. The number of nitrogens with zero attached hydrogens (tertiary/aromatic N) is 1. The summed E-state index contributed by atoms with van der Waals surface area (Å²) in [6.45, 7) is 2.22. The Morgan fingerprint density at radius 2 is 2.47 bits per heavy atom. The maximum atomic E-state index is 11.4. The lowest BCUT2D eigenvalue weighted by atomic mass is 10.4. The summed E-state index contributed by atoms with van der Waals surface area (Å²) in [6.07, 6.45) is 5.13. The van der Waals surface area contributed by atoms with Crippen molar-refractivity contribution in [2.24, 2.45) is 5.92 Å². The summed E-state index contributed by atoms with van der Waals surface area (Å²) < 4.78 is 5.46. The predicted octanol–water partition coefficient (Wildman–Crippen LogP) is 2.08. The molecule has 0 aliphatic heterocycles. The maximum absolute atomic E-state index is 11.4. The fraction of sp³-hybridized carbons (Fsp3) is 0.636. The van der Waals surface area contributed by atoms with Crippen LogP contribution in [0.3, 0.4) is 0 Å². The molecule has 2 N–H and O–H groups in total. The molecule has 1 aromatic heterocycles. The van der Waals surface area contributed by atoms with Gasteiger partial charge < -0.3 is 10.1 Å². The Bertz CT molecular complexity index is 338. The first-order valence-corrected chi connectivity index (χ1v) is 6.74. The number of ether oxygens (including phenoxy) is 1. The zero-order chi connectivity index (χ0) is 11.9. The number of amides is 2. The Morgan fingerprint density at radius 3 is 3.18 bits per heavy atom. The van der Waals surface area contributed by atoms with Crippen molar-refractivity contribution in [3.63, 3.8) is 0 Å². The number of rotatable bonds is 7. The lowest BCUT2D eigenvalue weighted by Crippen LogP contribution is -2.30. The van der Waals surface area contributed by atoms with E-state index in [1.54, 1.807) is 6.20 Å². The highest BCUT2D eigenvalue weighted by Crippen LogP contribution is 2.28. The van der Waals surface area contributed by atoms with E-state index in [1.807, 2.05) is 5.38 Å². The van der Waals surface area contributed by atoms with E-state index in [1.165, 1.54) is 24.2 Å². The molecule has 0 spiro atoms. The van der Waals surface area contributed by atoms with E-state index in [9.17, 15) is 4.79 Å². The zero-order valence-corrected chi connectivity index (χ0v) is 10.5. The first kappa shape index (κ1) is 12.3. The first-order valence-electron chi connectivity index (χ1n) is 5.86. The Balaban J connectivity index is 1.45. The van der Waals surface area contributed by atoms with Crippen LogP contribution in [0, 0.1) is 5.92 Å². The summed E-state index contributed by atoms with van der Waals surface area (Å²) in [6, 6.07) is -0.206. The molecule has 1 aliphatic carbocycles. The highest BCUT2D eigenvalue weighted by atomic mass is 32.1. The topological polar surface area (TPSA) is 63.2 Å². The standard InChI is InChI=1S/C11H17N3O2S/c15-10(14-11-13-5-7-17-11)12-4-1-6-16-8-9-2-3-9/h5,7,9H,1-4,6,8H2,(H2,12,13,14,15). The number of urea groups is 1. The summed E-state index contributed by atoms with van der Waals surface area (Å²) in [7, 11) is 0. The molecule has 17 heavy (non-hydrogen) atoms.